The van der Waals surface area contributed by atoms with Crippen molar-refractivity contribution >= 4 is 22.2 Å². The normalized spacial score (nSPS) is 13.2. The van der Waals surface area contributed by atoms with Gasteiger partial charge in [0, 0.05) is 46.0 Å². The van der Waals surface area contributed by atoms with Gasteiger partial charge in [0.1, 0.15) is 5.69 Å². The standard InChI is InChI=1S/C21H16N4O/c26-21-20(15-9-10-22-17-7-3-1-5-13(15)17)24-12-19(25-21)16-11-23-18-8-4-2-6-14(16)18/h1-9,11-12,22-23H,10H2,(H,25,26). The number of nitrogens with zero attached hydrogens (tertiary/aromatic N) is 1. The molecule has 0 bridgehead atoms. The molecule has 0 saturated carbocycles. The van der Waals surface area contributed by atoms with Crippen LogP contribution in [0.15, 0.2) is 71.8 Å². The molecule has 26 heavy (non-hydrogen) atoms. The Balaban J connectivity index is 1.62. The van der Waals surface area contributed by atoms with Crippen molar-refractivity contribution in [3.63, 3.8) is 0 Å². The summed E-state index contributed by atoms with van der Waals surface area (Å²) in [4.78, 5) is 23.5. The Bertz CT molecular complexity index is 1220. The summed E-state index contributed by atoms with van der Waals surface area (Å²) in [7, 11) is 0. The van der Waals surface area contributed by atoms with Crippen molar-refractivity contribution < 1.29 is 0 Å². The molecule has 126 valence electrons. The van der Waals surface area contributed by atoms with Crippen LogP contribution in [0.2, 0.25) is 0 Å². The molecule has 1 aliphatic rings. The van der Waals surface area contributed by atoms with Gasteiger partial charge in [-0.15, -0.1) is 0 Å². The van der Waals surface area contributed by atoms with Gasteiger partial charge in [-0.3, -0.25) is 4.79 Å². The van der Waals surface area contributed by atoms with E-state index in [2.05, 4.69) is 20.3 Å². The minimum Gasteiger partial charge on any atom is -0.381 e. The van der Waals surface area contributed by atoms with Crippen LogP contribution in [0.25, 0.3) is 27.7 Å². The zero-order valence-electron chi connectivity index (χ0n) is 13.9. The molecule has 0 unspecified atom stereocenters. The Kier molecular flexibility index (Phi) is 3.25. The minimum absolute atomic E-state index is 0.185. The third kappa shape index (κ3) is 2.25. The van der Waals surface area contributed by atoms with Gasteiger partial charge in [0.05, 0.1) is 11.9 Å². The number of H-pyrrole nitrogens is 2. The van der Waals surface area contributed by atoms with Crippen molar-refractivity contribution in [1.82, 2.24) is 15.0 Å². The molecule has 4 aromatic rings. The number of fused-ring (bicyclic) bond motifs is 2. The van der Waals surface area contributed by atoms with Crippen molar-refractivity contribution in [3.8, 4) is 11.3 Å². The number of anilines is 1. The summed E-state index contributed by atoms with van der Waals surface area (Å²) in [5, 5.41) is 4.37. The molecule has 0 spiro atoms. The monoisotopic (exact) mass is 340 g/mol. The fraction of sp³-hybridized carbons (Fsp3) is 0.0476. The van der Waals surface area contributed by atoms with Gasteiger partial charge in [0.2, 0.25) is 0 Å². The molecule has 3 heterocycles. The van der Waals surface area contributed by atoms with Gasteiger partial charge >= 0.3 is 0 Å². The number of nitrogens with one attached hydrogen (secondary N) is 3. The summed E-state index contributed by atoms with van der Waals surface area (Å²) in [6.45, 7) is 0.678. The van der Waals surface area contributed by atoms with E-state index in [-0.39, 0.29) is 5.56 Å². The van der Waals surface area contributed by atoms with Gasteiger partial charge in [0.25, 0.3) is 5.56 Å². The molecule has 0 radical (unpaired) electrons. The molecule has 5 rings (SSSR count). The molecule has 0 amide bonds. The molecule has 0 aliphatic carbocycles. The quantitative estimate of drug-likeness (QED) is 0.520. The zero-order chi connectivity index (χ0) is 17.5. The predicted molar refractivity (Wildman–Crippen MR) is 104 cm³/mol. The molecular formula is C21H16N4O. The van der Waals surface area contributed by atoms with Crippen molar-refractivity contribution in [2.24, 2.45) is 0 Å². The highest BCUT2D eigenvalue weighted by Gasteiger charge is 2.18. The van der Waals surface area contributed by atoms with Gasteiger partial charge in [0.15, 0.2) is 0 Å². The first-order valence-corrected chi connectivity index (χ1v) is 8.51. The van der Waals surface area contributed by atoms with Crippen LogP contribution in [0.1, 0.15) is 11.3 Å². The van der Waals surface area contributed by atoms with Gasteiger partial charge in [-0.1, -0.05) is 42.5 Å². The number of rotatable bonds is 2. The Hall–Kier alpha value is -3.60. The van der Waals surface area contributed by atoms with Crippen molar-refractivity contribution in [2.75, 3.05) is 11.9 Å². The summed E-state index contributed by atoms with van der Waals surface area (Å²) < 4.78 is 0. The van der Waals surface area contributed by atoms with E-state index >= 15 is 0 Å². The van der Waals surface area contributed by atoms with Crippen LogP contribution < -0.4 is 10.9 Å². The zero-order valence-corrected chi connectivity index (χ0v) is 13.9. The highest BCUT2D eigenvalue weighted by atomic mass is 16.1. The highest BCUT2D eigenvalue weighted by molar-refractivity contribution is 5.94. The lowest BCUT2D eigenvalue weighted by molar-refractivity contribution is 1.11. The van der Waals surface area contributed by atoms with Crippen LogP contribution in [-0.4, -0.2) is 21.5 Å². The molecule has 0 fully saturated rings. The highest BCUT2D eigenvalue weighted by Crippen LogP contribution is 2.31. The van der Waals surface area contributed by atoms with Gasteiger partial charge < -0.3 is 15.3 Å². The van der Waals surface area contributed by atoms with E-state index in [1.165, 1.54) is 0 Å². The second-order valence-corrected chi connectivity index (χ2v) is 6.27. The summed E-state index contributed by atoms with van der Waals surface area (Å²) in [5.41, 5.74) is 5.82. The Morgan fingerprint density at radius 1 is 0.962 bits per heavy atom. The molecule has 1 aliphatic heterocycles. The smallest absolute Gasteiger partial charge is 0.274 e. The number of hydrogen-bond acceptors (Lipinski definition) is 3. The second kappa shape index (κ2) is 5.74. The van der Waals surface area contributed by atoms with Crippen LogP contribution >= 0.6 is 0 Å². The van der Waals surface area contributed by atoms with Crippen molar-refractivity contribution in [3.05, 3.63) is 88.6 Å². The molecule has 0 atom stereocenters. The average molecular weight is 340 g/mol. The number of para-hydroxylation sites is 2. The van der Waals surface area contributed by atoms with Crippen LogP contribution in [0.5, 0.6) is 0 Å². The number of benzene rings is 2. The number of hydrogen-bond donors (Lipinski definition) is 3. The number of aromatic nitrogens is 3. The first-order chi connectivity index (χ1) is 12.8. The molecule has 3 N–H and O–H groups in total. The van der Waals surface area contributed by atoms with E-state index in [1.807, 2.05) is 60.8 Å². The summed E-state index contributed by atoms with van der Waals surface area (Å²) in [6, 6.07) is 16.0. The molecule has 0 saturated heterocycles. The fourth-order valence-electron chi connectivity index (χ4n) is 3.49. The van der Waals surface area contributed by atoms with Crippen molar-refractivity contribution in [1.29, 1.82) is 0 Å². The van der Waals surface area contributed by atoms with E-state index in [4.69, 9.17) is 0 Å². The lowest BCUT2D eigenvalue weighted by Crippen LogP contribution is -2.18. The summed E-state index contributed by atoms with van der Waals surface area (Å²) in [6.07, 6.45) is 5.64. The lowest BCUT2D eigenvalue weighted by atomic mass is 9.98. The SMILES string of the molecule is O=c1[nH]c(-c2c[nH]c3ccccc23)cnc1C1=CCNc2ccccc21. The minimum atomic E-state index is -0.185. The van der Waals surface area contributed by atoms with Crippen LogP contribution in [0, 0.1) is 0 Å². The lowest BCUT2D eigenvalue weighted by Gasteiger charge is -2.18. The van der Waals surface area contributed by atoms with Gasteiger partial charge in [-0.2, -0.15) is 0 Å². The summed E-state index contributed by atoms with van der Waals surface area (Å²) >= 11 is 0. The Morgan fingerprint density at radius 2 is 1.81 bits per heavy atom. The largest absolute Gasteiger partial charge is 0.381 e. The molecule has 2 aromatic heterocycles. The first-order valence-electron chi connectivity index (χ1n) is 8.51. The maximum Gasteiger partial charge on any atom is 0.274 e. The van der Waals surface area contributed by atoms with Crippen LogP contribution in [-0.2, 0) is 0 Å². The third-order valence-corrected chi connectivity index (χ3v) is 4.74. The first kappa shape index (κ1) is 14.7. The van der Waals surface area contributed by atoms with Gasteiger partial charge in [-0.25, -0.2) is 4.98 Å². The van der Waals surface area contributed by atoms with Gasteiger partial charge in [-0.05, 0) is 12.1 Å². The fourth-order valence-corrected chi connectivity index (χ4v) is 3.49. The number of aromatic amines is 2. The molecule has 2 aromatic carbocycles. The summed E-state index contributed by atoms with van der Waals surface area (Å²) in [5.74, 6) is 0. The van der Waals surface area contributed by atoms with Crippen LogP contribution in [0.3, 0.4) is 0 Å². The van der Waals surface area contributed by atoms with Crippen LogP contribution in [0.4, 0.5) is 5.69 Å². The average Bonchev–Trinajstić information content (AvgIpc) is 3.12. The molecule has 5 nitrogen and oxygen atoms in total. The molecule has 5 heteroatoms. The second-order valence-electron chi connectivity index (χ2n) is 6.27. The molecular weight excluding hydrogens is 324 g/mol. The maximum atomic E-state index is 12.8. The Morgan fingerprint density at radius 3 is 2.73 bits per heavy atom. The third-order valence-electron chi connectivity index (χ3n) is 4.74. The maximum absolute atomic E-state index is 12.8. The van der Waals surface area contributed by atoms with E-state index < -0.39 is 0 Å². The van der Waals surface area contributed by atoms with E-state index in [1.54, 1.807) is 6.20 Å². The van der Waals surface area contributed by atoms with E-state index in [0.717, 1.165) is 33.3 Å². The predicted octanol–water partition coefficient (Wildman–Crippen LogP) is 3.78. The topological polar surface area (TPSA) is 73.6 Å². The Labute approximate surface area is 149 Å². The van der Waals surface area contributed by atoms with Crippen molar-refractivity contribution in [2.45, 2.75) is 0 Å². The van der Waals surface area contributed by atoms with E-state index in [0.29, 0.717) is 17.9 Å². The van der Waals surface area contributed by atoms with E-state index in [9.17, 15) is 4.79 Å².